The van der Waals surface area contributed by atoms with Crippen LogP contribution in [-0.2, 0) is 0 Å². The van der Waals surface area contributed by atoms with Crippen molar-refractivity contribution >= 4 is 21.7 Å². The molecular weight excluding hydrogens is 286 g/mol. The van der Waals surface area contributed by atoms with Crippen molar-refractivity contribution in [2.45, 2.75) is 0 Å². The first-order chi connectivity index (χ1) is 8.22. The molecule has 2 rings (SSSR count). The van der Waals surface area contributed by atoms with E-state index in [0.29, 0.717) is 5.69 Å². The number of carbonyl (C=O) groups is 1. The molecule has 0 N–H and O–H groups in total. The minimum Gasteiger partial charge on any atom is -0.479 e. The molecule has 0 atom stereocenters. The molecule has 6 heteroatoms. The summed E-state index contributed by atoms with van der Waals surface area (Å²) in [7, 11) is 1.44. The van der Waals surface area contributed by atoms with E-state index in [4.69, 9.17) is 4.74 Å². The van der Waals surface area contributed by atoms with Crippen LogP contribution < -0.4 is 4.74 Å². The van der Waals surface area contributed by atoms with Crippen LogP contribution in [0.5, 0.6) is 5.88 Å². The Bertz CT molecular complexity index is 543. The number of aromatic nitrogens is 3. The second-order valence-electron chi connectivity index (χ2n) is 3.11. The highest BCUT2D eigenvalue weighted by molar-refractivity contribution is 9.10. The number of hydrogen-bond donors (Lipinski definition) is 0. The maximum atomic E-state index is 12.1. The van der Waals surface area contributed by atoms with E-state index in [9.17, 15) is 4.79 Å². The van der Waals surface area contributed by atoms with E-state index in [2.05, 4.69) is 30.9 Å². The SMILES string of the molecule is COc1nccnc1C(=O)c1ccc(Br)cn1. The molecule has 86 valence electrons. The van der Waals surface area contributed by atoms with Crippen molar-refractivity contribution in [2.24, 2.45) is 0 Å². The zero-order chi connectivity index (χ0) is 12.3. The fraction of sp³-hybridized carbons (Fsp3) is 0.0909. The molecule has 5 nitrogen and oxygen atoms in total. The number of ether oxygens (including phenoxy) is 1. The monoisotopic (exact) mass is 293 g/mol. The van der Waals surface area contributed by atoms with Gasteiger partial charge in [-0.25, -0.2) is 9.97 Å². The Morgan fingerprint density at radius 1 is 1.24 bits per heavy atom. The molecule has 0 aliphatic rings. The molecule has 0 radical (unpaired) electrons. The van der Waals surface area contributed by atoms with Gasteiger partial charge in [0.25, 0.3) is 0 Å². The first-order valence-electron chi connectivity index (χ1n) is 4.73. The van der Waals surface area contributed by atoms with Gasteiger partial charge < -0.3 is 4.74 Å². The third-order valence-electron chi connectivity index (χ3n) is 2.03. The van der Waals surface area contributed by atoms with E-state index in [0.717, 1.165) is 4.47 Å². The molecule has 0 aromatic carbocycles. The Morgan fingerprint density at radius 2 is 2.00 bits per heavy atom. The van der Waals surface area contributed by atoms with Gasteiger partial charge in [-0.15, -0.1) is 0 Å². The zero-order valence-corrected chi connectivity index (χ0v) is 10.5. The summed E-state index contributed by atoms with van der Waals surface area (Å²) in [5.74, 6) is -0.121. The maximum absolute atomic E-state index is 12.1. The predicted molar refractivity (Wildman–Crippen MR) is 64.0 cm³/mol. The summed E-state index contributed by atoms with van der Waals surface area (Å²) < 4.78 is 5.79. The topological polar surface area (TPSA) is 65.0 Å². The van der Waals surface area contributed by atoms with Gasteiger partial charge in [0.1, 0.15) is 5.69 Å². The normalized spacial score (nSPS) is 10.0. The fourth-order valence-electron chi connectivity index (χ4n) is 1.26. The summed E-state index contributed by atoms with van der Waals surface area (Å²) in [6.07, 6.45) is 4.45. The van der Waals surface area contributed by atoms with Crippen LogP contribution in [0, 0.1) is 0 Å². The molecule has 0 bridgehead atoms. The van der Waals surface area contributed by atoms with Gasteiger partial charge in [-0.2, -0.15) is 0 Å². The second kappa shape index (κ2) is 5.01. The first kappa shape index (κ1) is 11.7. The number of rotatable bonds is 3. The van der Waals surface area contributed by atoms with Gasteiger partial charge in [-0.05, 0) is 28.1 Å². The van der Waals surface area contributed by atoms with E-state index >= 15 is 0 Å². The van der Waals surface area contributed by atoms with E-state index in [1.807, 2.05) is 0 Å². The van der Waals surface area contributed by atoms with Gasteiger partial charge in [0.2, 0.25) is 11.7 Å². The molecule has 0 spiro atoms. The highest BCUT2D eigenvalue weighted by atomic mass is 79.9. The van der Waals surface area contributed by atoms with Crippen LogP contribution in [0.25, 0.3) is 0 Å². The molecule has 2 aromatic heterocycles. The number of halogens is 1. The van der Waals surface area contributed by atoms with Gasteiger partial charge in [0.15, 0.2) is 5.69 Å². The van der Waals surface area contributed by atoms with Crippen molar-refractivity contribution in [3.63, 3.8) is 0 Å². The molecule has 0 amide bonds. The summed E-state index contributed by atoms with van der Waals surface area (Å²) in [6.45, 7) is 0. The van der Waals surface area contributed by atoms with Crippen molar-refractivity contribution in [1.82, 2.24) is 15.0 Å². The molecule has 0 aliphatic heterocycles. The molecule has 0 saturated carbocycles. The zero-order valence-electron chi connectivity index (χ0n) is 8.92. The number of hydrogen-bond acceptors (Lipinski definition) is 5. The minimum atomic E-state index is -0.317. The molecule has 0 fully saturated rings. The van der Waals surface area contributed by atoms with Crippen LogP contribution in [-0.4, -0.2) is 27.8 Å². The van der Waals surface area contributed by atoms with E-state index in [1.165, 1.54) is 19.5 Å². The first-order valence-corrected chi connectivity index (χ1v) is 5.53. The molecule has 2 heterocycles. The number of nitrogens with zero attached hydrogens (tertiary/aromatic N) is 3. The summed E-state index contributed by atoms with van der Waals surface area (Å²) in [5, 5.41) is 0. The van der Waals surface area contributed by atoms with Crippen molar-refractivity contribution in [3.8, 4) is 5.88 Å². The molecule has 2 aromatic rings. The van der Waals surface area contributed by atoms with Gasteiger partial charge in [-0.1, -0.05) is 0 Å². The standard InChI is InChI=1S/C11H8BrN3O2/c1-17-11-9(13-4-5-14-11)10(16)8-3-2-7(12)6-15-8/h2-6H,1H3. The van der Waals surface area contributed by atoms with Crippen molar-refractivity contribution in [1.29, 1.82) is 0 Å². The van der Waals surface area contributed by atoms with Gasteiger partial charge in [0.05, 0.1) is 7.11 Å². The highest BCUT2D eigenvalue weighted by Crippen LogP contribution is 2.16. The third kappa shape index (κ3) is 2.47. The van der Waals surface area contributed by atoms with Gasteiger partial charge >= 0.3 is 0 Å². The summed E-state index contributed by atoms with van der Waals surface area (Å²) in [5.41, 5.74) is 0.455. The van der Waals surface area contributed by atoms with Gasteiger partial charge in [0, 0.05) is 23.1 Å². The van der Waals surface area contributed by atoms with E-state index < -0.39 is 0 Å². The van der Waals surface area contributed by atoms with Crippen LogP contribution in [0.2, 0.25) is 0 Å². The number of pyridine rings is 1. The lowest BCUT2D eigenvalue weighted by Crippen LogP contribution is -2.09. The molecule has 0 saturated heterocycles. The largest absolute Gasteiger partial charge is 0.479 e. The van der Waals surface area contributed by atoms with Crippen LogP contribution in [0.3, 0.4) is 0 Å². The lowest BCUT2D eigenvalue weighted by Gasteiger charge is -2.04. The van der Waals surface area contributed by atoms with Crippen molar-refractivity contribution in [3.05, 3.63) is 46.6 Å². The maximum Gasteiger partial charge on any atom is 0.243 e. The van der Waals surface area contributed by atoms with Crippen LogP contribution >= 0.6 is 15.9 Å². The predicted octanol–water partition coefficient (Wildman–Crippen LogP) is 1.87. The molecule has 0 aliphatic carbocycles. The number of ketones is 1. The van der Waals surface area contributed by atoms with Gasteiger partial charge in [-0.3, -0.25) is 9.78 Å². The highest BCUT2D eigenvalue weighted by Gasteiger charge is 2.17. The average molecular weight is 294 g/mol. The second-order valence-corrected chi connectivity index (χ2v) is 4.02. The quantitative estimate of drug-likeness (QED) is 0.809. The fourth-order valence-corrected chi connectivity index (χ4v) is 1.50. The van der Waals surface area contributed by atoms with Crippen molar-refractivity contribution in [2.75, 3.05) is 7.11 Å². The lowest BCUT2D eigenvalue weighted by molar-refractivity contribution is 0.102. The summed E-state index contributed by atoms with van der Waals surface area (Å²) >= 11 is 3.25. The number of methoxy groups -OCH3 is 1. The molecule has 0 unspecified atom stereocenters. The lowest BCUT2D eigenvalue weighted by atomic mass is 10.2. The van der Waals surface area contributed by atoms with Crippen LogP contribution in [0.15, 0.2) is 35.2 Å². The Morgan fingerprint density at radius 3 is 2.65 bits per heavy atom. The Balaban J connectivity index is 2.40. The molecular formula is C11H8BrN3O2. The average Bonchev–Trinajstić information content (AvgIpc) is 2.39. The van der Waals surface area contributed by atoms with Crippen LogP contribution in [0.4, 0.5) is 0 Å². The third-order valence-corrected chi connectivity index (χ3v) is 2.50. The van der Waals surface area contributed by atoms with E-state index in [-0.39, 0.29) is 17.4 Å². The summed E-state index contributed by atoms with van der Waals surface area (Å²) in [4.78, 5) is 24.0. The number of carbonyl (C=O) groups excluding carboxylic acids is 1. The summed E-state index contributed by atoms with van der Waals surface area (Å²) in [6, 6.07) is 3.35. The minimum absolute atomic E-state index is 0.157. The smallest absolute Gasteiger partial charge is 0.243 e. The Kier molecular flexibility index (Phi) is 3.43. The Hall–Kier alpha value is -1.82. The van der Waals surface area contributed by atoms with E-state index in [1.54, 1.807) is 18.3 Å². The van der Waals surface area contributed by atoms with Crippen molar-refractivity contribution < 1.29 is 9.53 Å². The van der Waals surface area contributed by atoms with Crippen LogP contribution in [0.1, 0.15) is 16.2 Å². The molecule has 17 heavy (non-hydrogen) atoms. The Labute approximate surface area is 106 Å².